The van der Waals surface area contributed by atoms with E-state index < -0.39 is 0 Å². The number of nitrogens with one attached hydrogen (secondary N) is 2. The third-order valence-electron chi connectivity index (χ3n) is 1.97. The van der Waals surface area contributed by atoms with Gasteiger partial charge < -0.3 is 10.6 Å². The maximum Gasteiger partial charge on any atom is 0.144 e. The molecule has 0 fully saturated rings. The van der Waals surface area contributed by atoms with Crippen LogP contribution < -0.4 is 10.6 Å². The first-order valence-corrected chi connectivity index (χ1v) is 4.23. The predicted octanol–water partition coefficient (Wildman–Crippen LogP) is 1.49. The molecule has 0 saturated carbocycles. The van der Waals surface area contributed by atoms with Crippen LogP contribution in [0.3, 0.4) is 0 Å². The minimum Gasteiger partial charge on any atom is -0.347 e. The fourth-order valence-electron chi connectivity index (χ4n) is 1.23. The van der Waals surface area contributed by atoms with Gasteiger partial charge in [-0.15, -0.1) is 0 Å². The van der Waals surface area contributed by atoms with E-state index in [0.29, 0.717) is 17.2 Å². The number of nitrogens with zero attached hydrogens (tertiary/aromatic N) is 1. The molecule has 1 aromatic heterocycles. The summed E-state index contributed by atoms with van der Waals surface area (Å²) >= 11 is 0. The van der Waals surface area contributed by atoms with Gasteiger partial charge in [0, 0.05) is 6.20 Å². The molecular formula is C10H10FN3. The first-order valence-electron chi connectivity index (χ1n) is 4.23. The fraction of sp³-hybridized carbons (Fsp3) is 0.100. The number of hydrogen-bond donors (Lipinski definition) is 2. The summed E-state index contributed by atoms with van der Waals surface area (Å²) in [5.41, 5.74) is 1.90. The molecular weight excluding hydrogens is 181 g/mol. The summed E-state index contributed by atoms with van der Waals surface area (Å²) in [6, 6.07) is 3.03. The fourth-order valence-corrected chi connectivity index (χ4v) is 1.23. The van der Waals surface area contributed by atoms with Crippen molar-refractivity contribution in [2.45, 2.75) is 6.92 Å². The van der Waals surface area contributed by atoms with Crippen LogP contribution in [0, 0.1) is 12.7 Å². The second kappa shape index (κ2) is 3.14. The summed E-state index contributed by atoms with van der Waals surface area (Å²) in [5, 5.41) is 5.89. The highest BCUT2D eigenvalue weighted by molar-refractivity contribution is 5.64. The Morgan fingerprint density at radius 2 is 2.21 bits per heavy atom. The smallest absolute Gasteiger partial charge is 0.144 e. The Balaban J connectivity index is 2.34. The monoisotopic (exact) mass is 191 g/mol. The van der Waals surface area contributed by atoms with Crippen LogP contribution in [0.1, 0.15) is 11.4 Å². The van der Waals surface area contributed by atoms with Crippen molar-refractivity contribution in [3.05, 3.63) is 47.9 Å². The summed E-state index contributed by atoms with van der Waals surface area (Å²) in [4.78, 5) is 4.10. The Kier molecular flexibility index (Phi) is 1.96. The topological polar surface area (TPSA) is 37.0 Å². The molecule has 14 heavy (non-hydrogen) atoms. The maximum atomic E-state index is 12.9. The Morgan fingerprint density at radius 3 is 2.79 bits per heavy atom. The van der Waals surface area contributed by atoms with Gasteiger partial charge in [-0.1, -0.05) is 6.58 Å². The molecule has 0 aliphatic carbocycles. The predicted molar refractivity (Wildman–Crippen MR) is 52.3 cm³/mol. The highest BCUT2D eigenvalue weighted by Gasteiger charge is 2.10. The lowest BCUT2D eigenvalue weighted by atomic mass is 10.2. The quantitative estimate of drug-likeness (QED) is 0.706. The molecule has 72 valence electrons. The van der Waals surface area contributed by atoms with Gasteiger partial charge in [0.15, 0.2) is 0 Å². The standard InChI is InChI=1S/C10H10FN3/c1-6-8(11)3-4-9(13-6)10-5-12-7(2)14-10/h3-5,12,14H,2H2,1H3. The van der Waals surface area contributed by atoms with Crippen molar-refractivity contribution in [2.75, 3.05) is 0 Å². The highest BCUT2D eigenvalue weighted by atomic mass is 19.1. The molecule has 4 heteroatoms. The molecule has 0 atom stereocenters. The summed E-state index contributed by atoms with van der Waals surface area (Å²) < 4.78 is 12.9. The molecule has 0 aromatic carbocycles. The van der Waals surface area contributed by atoms with E-state index in [9.17, 15) is 4.39 Å². The number of rotatable bonds is 1. The van der Waals surface area contributed by atoms with E-state index in [2.05, 4.69) is 22.2 Å². The number of halogens is 1. The lowest BCUT2D eigenvalue weighted by Gasteiger charge is -2.04. The maximum absolute atomic E-state index is 12.9. The van der Waals surface area contributed by atoms with E-state index in [1.807, 2.05) is 0 Å². The summed E-state index contributed by atoms with van der Waals surface area (Å²) in [5.74, 6) is 0.405. The summed E-state index contributed by atoms with van der Waals surface area (Å²) in [6.07, 6.45) is 1.75. The third kappa shape index (κ3) is 1.46. The normalized spacial score (nSPS) is 14.7. The second-order valence-electron chi connectivity index (χ2n) is 3.07. The lowest BCUT2D eigenvalue weighted by Crippen LogP contribution is -2.10. The molecule has 2 rings (SSSR count). The number of hydrogen-bond acceptors (Lipinski definition) is 3. The minimum atomic E-state index is -0.292. The van der Waals surface area contributed by atoms with E-state index in [1.165, 1.54) is 6.07 Å². The van der Waals surface area contributed by atoms with E-state index in [4.69, 9.17) is 0 Å². The van der Waals surface area contributed by atoms with Crippen LogP contribution in [0.15, 0.2) is 30.7 Å². The Morgan fingerprint density at radius 1 is 1.43 bits per heavy atom. The van der Waals surface area contributed by atoms with Crippen LogP contribution in [-0.4, -0.2) is 4.98 Å². The molecule has 0 amide bonds. The first kappa shape index (κ1) is 8.74. The zero-order valence-corrected chi connectivity index (χ0v) is 7.76. The molecule has 1 aliphatic heterocycles. The second-order valence-corrected chi connectivity index (χ2v) is 3.07. The molecule has 1 aromatic rings. The van der Waals surface area contributed by atoms with Crippen molar-refractivity contribution < 1.29 is 4.39 Å². The van der Waals surface area contributed by atoms with E-state index in [0.717, 1.165) is 5.70 Å². The molecule has 3 nitrogen and oxygen atoms in total. The molecule has 0 bridgehead atoms. The SMILES string of the molecule is C=C1NC=C(c2ccc(F)c(C)n2)N1. The van der Waals surface area contributed by atoms with Gasteiger partial charge in [-0.3, -0.25) is 0 Å². The average Bonchev–Trinajstić information content (AvgIpc) is 2.57. The number of aryl methyl sites for hydroxylation is 1. The van der Waals surface area contributed by atoms with Crippen molar-refractivity contribution >= 4 is 5.70 Å². The Hall–Kier alpha value is -1.84. The number of aromatic nitrogens is 1. The Bertz CT molecular complexity index is 423. The van der Waals surface area contributed by atoms with Gasteiger partial charge >= 0.3 is 0 Å². The van der Waals surface area contributed by atoms with Crippen molar-refractivity contribution in [2.24, 2.45) is 0 Å². The lowest BCUT2D eigenvalue weighted by molar-refractivity contribution is 0.609. The van der Waals surface area contributed by atoms with Gasteiger partial charge in [-0.2, -0.15) is 0 Å². The van der Waals surface area contributed by atoms with Crippen LogP contribution in [-0.2, 0) is 0 Å². The molecule has 0 unspecified atom stereocenters. The molecule has 2 N–H and O–H groups in total. The summed E-state index contributed by atoms with van der Waals surface area (Å²) in [6.45, 7) is 5.33. The molecule has 0 saturated heterocycles. The van der Waals surface area contributed by atoms with Gasteiger partial charge in [-0.25, -0.2) is 9.37 Å². The Labute approximate surface area is 81.4 Å². The van der Waals surface area contributed by atoms with Gasteiger partial charge in [0.25, 0.3) is 0 Å². The van der Waals surface area contributed by atoms with Gasteiger partial charge in [0.05, 0.1) is 22.9 Å². The van der Waals surface area contributed by atoms with Crippen molar-refractivity contribution in [1.82, 2.24) is 15.6 Å². The van der Waals surface area contributed by atoms with Crippen molar-refractivity contribution in [1.29, 1.82) is 0 Å². The highest BCUT2D eigenvalue weighted by Crippen LogP contribution is 2.14. The van der Waals surface area contributed by atoms with E-state index >= 15 is 0 Å². The molecule has 0 radical (unpaired) electrons. The minimum absolute atomic E-state index is 0.292. The van der Waals surface area contributed by atoms with Crippen LogP contribution in [0.2, 0.25) is 0 Å². The average molecular weight is 191 g/mol. The van der Waals surface area contributed by atoms with Gasteiger partial charge in [0.2, 0.25) is 0 Å². The molecule has 1 aliphatic rings. The van der Waals surface area contributed by atoms with E-state index in [-0.39, 0.29) is 5.82 Å². The van der Waals surface area contributed by atoms with Crippen molar-refractivity contribution in [3.63, 3.8) is 0 Å². The third-order valence-corrected chi connectivity index (χ3v) is 1.97. The van der Waals surface area contributed by atoms with Crippen molar-refractivity contribution in [3.8, 4) is 0 Å². The molecule has 0 spiro atoms. The molecule has 2 heterocycles. The first-order chi connectivity index (χ1) is 6.66. The zero-order chi connectivity index (χ0) is 10.1. The number of pyridine rings is 1. The van der Waals surface area contributed by atoms with Crippen LogP contribution >= 0.6 is 0 Å². The summed E-state index contributed by atoms with van der Waals surface area (Å²) in [7, 11) is 0. The van der Waals surface area contributed by atoms with Gasteiger partial charge in [-0.05, 0) is 19.1 Å². The van der Waals surface area contributed by atoms with Crippen LogP contribution in [0.5, 0.6) is 0 Å². The van der Waals surface area contributed by atoms with Crippen LogP contribution in [0.4, 0.5) is 4.39 Å². The van der Waals surface area contributed by atoms with E-state index in [1.54, 1.807) is 19.2 Å². The van der Waals surface area contributed by atoms with Crippen LogP contribution in [0.25, 0.3) is 5.70 Å². The van der Waals surface area contributed by atoms with Gasteiger partial charge in [0.1, 0.15) is 5.82 Å². The zero-order valence-electron chi connectivity index (χ0n) is 7.76. The largest absolute Gasteiger partial charge is 0.347 e.